The Morgan fingerprint density at radius 3 is 2.63 bits per heavy atom. The van der Waals surface area contributed by atoms with Gasteiger partial charge in [0.2, 0.25) is 0 Å². The van der Waals surface area contributed by atoms with Crippen molar-refractivity contribution in [1.82, 2.24) is 20.1 Å². The highest BCUT2D eigenvalue weighted by atomic mass is 32.2. The van der Waals surface area contributed by atoms with Gasteiger partial charge in [-0.05, 0) is 78.5 Å². The molecule has 2 unspecified atom stereocenters. The van der Waals surface area contributed by atoms with E-state index in [2.05, 4.69) is 52.9 Å². The monoisotopic (exact) mass is 637 g/mol. The lowest BCUT2D eigenvalue weighted by atomic mass is 9.65. The van der Waals surface area contributed by atoms with Crippen LogP contribution in [0.4, 0.5) is 8.78 Å². The van der Waals surface area contributed by atoms with Gasteiger partial charge >= 0.3 is 0 Å². The molecule has 6 rings (SSSR count). The van der Waals surface area contributed by atoms with E-state index in [1.54, 1.807) is 41.0 Å². The summed E-state index contributed by atoms with van der Waals surface area (Å²) in [7, 11) is 0. The molecular weight excluding hydrogens is 601 g/mol. The van der Waals surface area contributed by atoms with Crippen molar-refractivity contribution in [2.75, 3.05) is 6.61 Å². The molecule has 1 aliphatic heterocycles. The fraction of sp³-hybridized carbons (Fsp3) is 0.324. The molecule has 0 bridgehead atoms. The number of nitrogens with one attached hydrogen (secondary N) is 1. The first-order valence-electron chi connectivity index (χ1n) is 15.7. The summed E-state index contributed by atoms with van der Waals surface area (Å²) in [5.41, 5.74) is 5.64. The van der Waals surface area contributed by atoms with Gasteiger partial charge in [-0.15, -0.1) is 11.8 Å². The molecule has 236 valence electrons. The molecule has 9 heteroatoms. The largest absolute Gasteiger partial charge is 0.493 e. The topological polar surface area (TPSA) is 75.8 Å². The number of nitrogens with zero attached hydrogens (tertiary/aromatic N) is 4. The highest BCUT2D eigenvalue weighted by Crippen LogP contribution is 2.48. The minimum Gasteiger partial charge on any atom is -0.493 e. The number of rotatable bonds is 13. The molecule has 1 saturated carbocycles. The van der Waals surface area contributed by atoms with E-state index in [0.29, 0.717) is 30.7 Å². The smallest absolute Gasteiger partial charge is 0.137 e. The number of benzene rings is 3. The molecule has 0 radical (unpaired) electrons. The van der Waals surface area contributed by atoms with Crippen LogP contribution in [0.2, 0.25) is 0 Å². The lowest BCUT2D eigenvalue weighted by Crippen LogP contribution is -2.48. The van der Waals surface area contributed by atoms with Crippen LogP contribution in [-0.2, 0) is 16.7 Å². The maximum absolute atomic E-state index is 16.1. The van der Waals surface area contributed by atoms with Crippen molar-refractivity contribution in [2.24, 2.45) is 5.92 Å². The number of aryl methyl sites for hydroxylation is 1. The second-order valence-corrected chi connectivity index (χ2v) is 13.1. The molecule has 1 N–H and O–H groups in total. The van der Waals surface area contributed by atoms with E-state index >= 15 is 4.39 Å². The van der Waals surface area contributed by atoms with Crippen molar-refractivity contribution in [3.05, 3.63) is 130 Å². The van der Waals surface area contributed by atoms with Crippen molar-refractivity contribution in [1.29, 1.82) is 5.26 Å². The Hall–Kier alpha value is -4.42. The van der Waals surface area contributed by atoms with E-state index < -0.39 is 17.0 Å². The minimum absolute atomic E-state index is 0.113. The molecule has 2 aliphatic rings. The first-order chi connectivity index (χ1) is 22.4. The van der Waals surface area contributed by atoms with Gasteiger partial charge in [0.25, 0.3) is 0 Å². The molecule has 6 nitrogen and oxygen atoms in total. The number of ether oxygens (including phenoxy) is 1. The quantitative estimate of drug-likeness (QED) is 0.149. The number of hydrogen-bond donors (Lipinski definition) is 1. The molecule has 1 aromatic heterocycles. The Bertz CT molecular complexity index is 1770. The third-order valence-corrected chi connectivity index (χ3v) is 10.1. The van der Waals surface area contributed by atoms with Gasteiger partial charge in [-0.1, -0.05) is 55.8 Å². The molecule has 1 fully saturated rings. The second kappa shape index (κ2) is 13.9. The summed E-state index contributed by atoms with van der Waals surface area (Å²) in [5.74, 6) is -0.391. The van der Waals surface area contributed by atoms with Gasteiger partial charge in [0.1, 0.15) is 30.0 Å². The summed E-state index contributed by atoms with van der Waals surface area (Å²) in [5, 5.41) is 19.4. The van der Waals surface area contributed by atoms with Gasteiger partial charge in [-0.2, -0.15) is 10.4 Å². The van der Waals surface area contributed by atoms with Gasteiger partial charge in [0, 0.05) is 28.7 Å². The summed E-state index contributed by atoms with van der Waals surface area (Å²) in [6.07, 6.45) is 7.25. The second-order valence-electron chi connectivity index (χ2n) is 12.0. The predicted octanol–water partition coefficient (Wildman–Crippen LogP) is 8.36. The lowest BCUT2D eigenvalue weighted by Gasteiger charge is -2.44. The highest BCUT2D eigenvalue weighted by molar-refractivity contribution is 8.03. The molecule has 0 amide bonds. The molecule has 2 heterocycles. The summed E-state index contributed by atoms with van der Waals surface area (Å²) < 4.78 is 38.9. The van der Waals surface area contributed by atoms with Crippen molar-refractivity contribution < 1.29 is 13.5 Å². The van der Waals surface area contributed by atoms with E-state index in [1.165, 1.54) is 18.0 Å². The van der Waals surface area contributed by atoms with Crippen LogP contribution in [0.5, 0.6) is 0 Å². The fourth-order valence-electron chi connectivity index (χ4n) is 6.58. The number of allylic oxidation sites excluding steroid dienone is 1. The maximum atomic E-state index is 16.1. The Balaban J connectivity index is 1.39. The molecule has 3 aromatic carbocycles. The van der Waals surface area contributed by atoms with Crippen molar-refractivity contribution >= 4 is 23.2 Å². The molecule has 1 aliphatic carbocycles. The first-order valence-corrected chi connectivity index (χ1v) is 16.7. The van der Waals surface area contributed by atoms with Crippen LogP contribution in [0, 0.1) is 35.8 Å². The SMILES string of the molecule is CCCC(C1NC(c2ccc(C#N)cc2)=CS1)[C@](CCOC(=C1CC1)c1ccccc1C)(Cn1cncn1)c1ccc(F)cc1F. The van der Waals surface area contributed by atoms with E-state index in [-0.39, 0.29) is 11.3 Å². The average molecular weight is 638 g/mol. The van der Waals surface area contributed by atoms with Crippen molar-refractivity contribution in [3.8, 4) is 6.07 Å². The Kier molecular flexibility index (Phi) is 9.55. The zero-order valence-corrected chi connectivity index (χ0v) is 26.9. The molecule has 0 spiro atoms. The third kappa shape index (κ3) is 6.73. The van der Waals surface area contributed by atoms with Gasteiger partial charge in [-0.25, -0.2) is 13.8 Å². The lowest BCUT2D eigenvalue weighted by molar-refractivity contribution is 0.137. The molecule has 3 atom stereocenters. The zero-order valence-electron chi connectivity index (χ0n) is 26.0. The van der Waals surface area contributed by atoms with Crippen molar-refractivity contribution in [3.63, 3.8) is 0 Å². The Morgan fingerprint density at radius 2 is 1.96 bits per heavy atom. The molecule has 4 aromatic rings. The normalized spacial score (nSPS) is 17.4. The van der Waals surface area contributed by atoms with Crippen molar-refractivity contribution in [2.45, 2.75) is 63.3 Å². The first kappa shape index (κ1) is 31.6. The van der Waals surface area contributed by atoms with E-state index in [4.69, 9.17) is 4.74 Å². The standard InChI is InChI=1S/C37H37F2N5OS/c1-3-6-32(36-43-34(21-46-36)27-11-9-26(20-40)10-12-27)37(22-44-24-41-23-42-44,31-16-15-29(38)19-33(31)39)17-18-45-35(28-13-14-28)30-8-5-4-7-25(30)2/h4-5,7-12,15-16,19,21,23-24,32,36,43H,3,6,13-14,17-18,22H2,1-2H3/t32?,36?,37-/m1/s1. The third-order valence-electron chi connectivity index (χ3n) is 9.01. The van der Waals surface area contributed by atoms with Crippen LogP contribution in [-0.4, -0.2) is 26.7 Å². The number of halogens is 2. The fourth-order valence-corrected chi connectivity index (χ4v) is 7.85. The Morgan fingerprint density at radius 1 is 1.15 bits per heavy atom. The van der Waals surface area contributed by atoms with Crippen LogP contribution in [0.25, 0.3) is 11.5 Å². The molecule has 46 heavy (non-hydrogen) atoms. The summed E-state index contributed by atoms with van der Waals surface area (Å²) in [6.45, 7) is 4.90. The number of aromatic nitrogens is 3. The van der Waals surface area contributed by atoms with Crippen LogP contribution < -0.4 is 5.32 Å². The molecule has 0 saturated heterocycles. The van der Waals surface area contributed by atoms with Crippen LogP contribution in [0.15, 0.2) is 90.4 Å². The summed E-state index contributed by atoms with van der Waals surface area (Å²) in [4.78, 5) is 4.20. The van der Waals surface area contributed by atoms with E-state index in [0.717, 1.165) is 59.9 Å². The molecular formula is C37H37F2N5OS. The van der Waals surface area contributed by atoms with Crippen LogP contribution >= 0.6 is 11.8 Å². The van der Waals surface area contributed by atoms with E-state index in [1.807, 2.05) is 24.3 Å². The number of thioether (sulfide) groups is 1. The van der Waals surface area contributed by atoms with Crippen LogP contribution in [0.3, 0.4) is 0 Å². The highest BCUT2D eigenvalue weighted by Gasteiger charge is 2.47. The zero-order chi connectivity index (χ0) is 32.1. The predicted molar refractivity (Wildman–Crippen MR) is 178 cm³/mol. The van der Waals surface area contributed by atoms with Gasteiger partial charge in [0.05, 0.1) is 30.2 Å². The van der Waals surface area contributed by atoms with Gasteiger partial charge < -0.3 is 10.1 Å². The minimum atomic E-state index is -0.842. The van der Waals surface area contributed by atoms with E-state index in [9.17, 15) is 9.65 Å². The summed E-state index contributed by atoms with van der Waals surface area (Å²) in [6, 6.07) is 21.8. The van der Waals surface area contributed by atoms with Crippen LogP contribution in [0.1, 0.15) is 66.8 Å². The van der Waals surface area contributed by atoms with Gasteiger partial charge in [-0.3, -0.25) is 4.68 Å². The van der Waals surface area contributed by atoms with Gasteiger partial charge in [0.15, 0.2) is 0 Å². The average Bonchev–Trinajstić information content (AvgIpc) is 3.55. The summed E-state index contributed by atoms with van der Waals surface area (Å²) >= 11 is 1.67. The number of nitriles is 1. The Labute approximate surface area is 273 Å². The number of hydrogen-bond acceptors (Lipinski definition) is 6. The maximum Gasteiger partial charge on any atom is 0.137 e.